The number of primary amides is 1. The molecule has 0 bridgehead atoms. The van der Waals surface area contributed by atoms with Crippen LogP contribution in [0.25, 0.3) is 0 Å². The number of nitrogens with one attached hydrogen (secondary N) is 2. The summed E-state index contributed by atoms with van der Waals surface area (Å²) in [4.78, 5) is 30.0. The van der Waals surface area contributed by atoms with Crippen LogP contribution in [0.15, 0.2) is 12.5 Å². The van der Waals surface area contributed by atoms with Crippen molar-refractivity contribution in [2.75, 3.05) is 0 Å². The van der Waals surface area contributed by atoms with E-state index in [1.807, 2.05) is 6.20 Å². The molecule has 0 aromatic carbocycles. The third-order valence-corrected chi connectivity index (χ3v) is 5.26. The highest BCUT2D eigenvalue weighted by Gasteiger charge is 2.32. The molecule has 2 heterocycles. The number of amides is 2. The second-order valence-electron chi connectivity index (χ2n) is 7.30. The Bertz CT molecular complexity index is 543. The van der Waals surface area contributed by atoms with Crippen molar-refractivity contribution in [2.45, 2.75) is 57.4 Å². The number of hydrogen-bond acceptors (Lipinski definition) is 3. The molecule has 1 saturated heterocycles. The van der Waals surface area contributed by atoms with Crippen LogP contribution in [0.2, 0.25) is 0 Å². The number of H-pyrrole nitrogens is 1. The van der Waals surface area contributed by atoms with Gasteiger partial charge in [0.2, 0.25) is 11.8 Å². The van der Waals surface area contributed by atoms with Gasteiger partial charge in [-0.05, 0) is 56.3 Å². The third-order valence-electron chi connectivity index (χ3n) is 5.26. The Balaban J connectivity index is 1.60. The monoisotopic (exact) mass is 318 g/mol. The molecule has 1 aromatic rings. The van der Waals surface area contributed by atoms with Gasteiger partial charge in [-0.3, -0.25) is 9.59 Å². The van der Waals surface area contributed by atoms with Gasteiger partial charge >= 0.3 is 0 Å². The van der Waals surface area contributed by atoms with Gasteiger partial charge < -0.3 is 16.0 Å². The van der Waals surface area contributed by atoms with Gasteiger partial charge in [-0.1, -0.05) is 0 Å². The molecule has 4 N–H and O–H groups in total. The lowest BCUT2D eigenvalue weighted by Crippen LogP contribution is -2.33. The van der Waals surface area contributed by atoms with Crippen molar-refractivity contribution in [1.82, 2.24) is 15.3 Å². The Labute approximate surface area is 136 Å². The van der Waals surface area contributed by atoms with Crippen LogP contribution in [0, 0.1) is 17.8 Å². The lowest BCUT2D eigenvalue weighted by molar-refractivity contribution is -0.120. The van der Waals surface area contributed by atoms with Crippen molar-refractivity contribution >= 4 is 11.8 Å². The fourth-order valence-electron chi connectivity index (χ4n) is 4.48. The number of nitrogens with two attached hydrogens (primary N) is 1. The number of nitrogens with zero attached hydrogens (tertiary/aromatic N) is 1. The molecule has 4 atom stereocenters. The summed E-state index contributed by atoms with van der Waals surface area (Å²) in [6.07, 6.45) is 10.9. The fourth-order valence-corrected chi connectivity index (χ4v) is 4.48. The molecular weight excluding hydrogens is 292 g/mol. The highest BCUT2D eigenvalue weighted by atomic mass is 16.2. The van der Waals surface area contributed by atoms with Gasteiger partial charge in [0.05, 0.1) is 6.33 Å². The van der Waals surface area contributed by atoms with E-state index in [1.165, 1.54) is 0 Å². The van der Waals surface area contributed by atoms with Gasteiger partial charge in [0.15, 0.2) is 0 Å². The molecule has 0 unspecified atom stereocenters. The van der Waals surface area contributed by atoms with Gasteiger partial charge in [0.25, 0.3) is 0 Å². The van der Waals surface area contributed by atoms with Gasteiger partial charge in [0, 0.05) is 30.8 Å². The number of aromatic nitrogens is 2. The minimum atomic E-state index is -0.204. The van der Waals surface area contributed by atoms with E-state index in [4.69, 9.17) is 5.73 Å². The first-order valence-electron chi connectivity index (χ1n) is 8.63. The Hall–Kier alpha value is -1.85. The largest absolute Gasteiger partial charge is 0.370 e. The number of hydrogen-bond donors (Lipinski definition) is 3. The zero-order valence-corrected chi connectivity index (χ0v) is 13.5. The van der Waals surface area contributed by atoms with Crippen LogP contribution in [0.3, 0.4) is 0 Å². The molecule has 1 saturated carbocycles. The van der Waals surface area contributed by atoms with E-state index >= 15 is 0 Å². The Morgan fingerprint density at radius 1 is 1.26 bits per heavy atom. The maximum absolute atomic E-state index is 11.4. The summed E-state index contributed by atoms with van der Waals surface area (Å²) in [5, 5.41) is 3.07. The topological polar surface area (TPSA) is 101 Å². The van der Waals surface area contributed by atoms with Gasteiger partial charge in [-0.15, -0.1) is 0 Å². The Kier molecular flexibility index (Phi) is 4.98. The van der Waals surface area contributed by atoms with E-state index in [0.717, 1.165) is 44.2 Å². The zero-order chi connectivity index (χ0) is 16.2. The second kappa shape index (κ2) is 7.15. The molecular formula is C17H26N4O2. The molecule has 23 heavy (non-hydrogen) atoms. The normalized spacial score (nSPS) is 31.0. The van der Waals surface area contributed by atoms with Crippen LogP contribution in [0.5, 0.6) is 0 Å². The third kappa shape index (κ3) is 4.56. The standard InChI is InChI=1S/C17H26N4O2/c18-16(22)8-13-4-11(6-14-1-2-17(23)21-14)3-12(5-13)7-15-9-19-10-20-15/h9-14H,1-8H2,(H2,18,22)(H,19,20)(H,21,23)/t11-,12+,13-,14-/m0/s1. The number of carbonyl (C=O) groups is 2. The SMILES string of the molecule is NC(=O)C[C@@H]1C[C@H](Cc2cnc[nH]2)C[C@H](C[C@@H]2CCC(=O)N2)C1. The molecule has 2 amide bonds. The molecule has 6 nitrogen and oxygen atoms in total. The van der Waals surface area contributed by atoms with Crippen molar-refractivity contribution in [1.29, 1.82) is 0 Å². The number of imidazole rings is 1. The van der Waals surface area contributed by atoms with Crippen LogP contribution >= 0.6 is 0 Å². The molecule has 1 aliphatic heterocycles. The summed E-state index contributed by atoms with van der Waals surface area (Å²) in [6, 6.07) is 0.313. The number of aromatic amines is 1. The van der Waals surface area contributed by atoms with Crippen LogP contribution in [-0.4, -0.2) is 27.8 Å². The lowest BCUT2D eigenvalue weighted by Gasteiger charge is -2.35. The Morgan fingerprint density at radius 2 is 2.04 bits per heavy atom. The zero-order valence-electron chi connectivity index (χ0n) is 13.5. The van der Waals surface area contributed by atoms with Crippen molar-refractivity contribution in [2.24, 2.45) is 23.5 Å². The van der Waals surface area contributed by atoms with Crippen LogP contribution in [0.4, 0.5) is 0 Å². The summed E-state index contributed by atoms with van der Waals surface area (Å²) in [6.45, 7) is 0. The first-order chi connectivity index (χ1) is 11.1. The van der Waals surface area contributed by atoms with Gasteiger partial charge in [0.1, 0.15) is 0 Å². The lowest BCUT2D eigenvalue weighted by atomic mass is 9.70. The molecule has 3 rings (SSSR count). The highest BCUT2D eigenvalue weighted by Crippen LogP contribution is 2.39. The molecule has 0 spiro atoms. The molecule has 2 aliphatic rings. The summed E-state index contributed by atoms with van der Waals surface area (Å²) in [7, 11) is 0. The van der Waals surface area contributed by atoms with Crippen molar-refractivity contribution < 1.29 is 9.59 Å². The predicted octanol–water partition coefficient (Wildman–Crippen LogP) is 1.53. The fraction of sp³-hybridized carbons (Fsp3) is 0.706. The number of rotatable bonds is 6. The molecule has 126 valence electrons. The second-order valence-corrected chi connectivity index (χ2v) is 7.30. The van der Waals surface area contributed by atoms with Crippen LogP contribution in [-0.2, 0) is 16.0 Å². The quantitative estimate of drug-likeness (QED) is 0.741. The number of carbonyl (C=O) groups excluding carboxylic acids is 2. The summed E-state index contributed by atoms with van der Waals surface area (Å²) >= 11 is 0. The maximum Gasteiger partial charge on any atom is 0.220 e. The minimum absolute atomic E-state index is 0.175. The smallest absolute Gasteiger partial charge is 0.220 e. The van der Waals surface area contributed by atoms with E-state index < -0.39 is 0 Å². The van der Waals surface area contributed by atoms with Crippen LogP contribution in [0.1, 0.15) is 50.6 Å². The first kappa shape index (κ1) is 16.0. The average molecular weight is 318 g/mol. The van der Waals surface area contributed by atoms with Crippen molar-refractivity contribution in [3.63, 3.8) is 0 Å². The summed E-state index contributed by atoms with van der Waals surface area (Å²) in [5.74, 6) is 1.45. The van der Waals surface area contributed by atoms with Crippen molar-refractivity contribution in [3.8, 4) is 0 Å². The molecule has 1 aromatic heterocycles. The summed E-state index contributed by atoms with van der Waals surface area (Å²) < 4.78 is 0. The van der Waals surface area contributed by atoms with E-state index in [-0.39, 0.29) is 11.8 Å². The van der Waals surface area contributed by atoms with Gasteiger partial charge in [-0.25, -0.2) is 4.98 Å². The summed E-state index contributed by atoms with van der Waals surface area (Å²) in [5.41, 5.74) is 6.58. The maximum atomic E-state index is 11.4. The van der Waals surface area contributed by atoms with E-state index in [2.05, 4.69) is 15.3 Å². The molecule has 1 aliphatic carbocycles. The average Bonchev–Trinajstić information content (AvgIpc) is 3.10. The van der Waals surface area contributed by atoms with Crippen molar-refractivity contribution in [3.05, 3.63) is 18.2 Å². The predicted molar refractivity (Wildman–Crippen MR) is 86.2 cm³/mol. The Morgan fingerprint density at radius 3 is 2.70 bits per heavy atom. The first-order valence-corrected chi connectivity index (χ1v) is 8.63. The van der Waals surface area contributed by atoms with E-state index in [9.17, 15) is 9.59 Å². The molecule has 6 heteroatoms. The van der Waals surface area contributed by atoms with E-state index in [0.29, 0.717) is 36.6 Å². The molecule has 0 radical (unpaired) electrons. The minimum Gasteiger partial charge on any atom is -0.370 e. The highest BCUT2D eigenvalue weighted by molar-refractivity contribution is 5.78. The van der Waals surface area contributed by atoms with Crippen LogP contribution < -0.4 is 11.1 Å². The van der Waals surface area contributed by atoms with Gasteiger partial charge in [-0.2, -0.15) is 0 Å². The van der Waals surface area contributed by atoms with E-state index in [1.54, 1.807) is 6.33 Å². The molecule has 2 fully saturated rings.